The molecule has 3 aromatic carbocycles. The van der Waals surface area contributed by atoms with Crippen LogP contribution in [-0.4, -0.2) is 20.3 Å². The molecule has 0 aliphatic heterocycles. The number of rotatable bonds is 5. The highest BCUT2D eigenvalue weighted by molar-refractivity contribution is 9.10. The van der Waals surface area contributed by atoms with E-state index in [0.29, 0.717) is 5.82 Å². The van der Waals surface area contributed by atoms with Gasteiger partial charge in [-0.25, -0.2) is 9.07 Å². The number of halogens is 2. The van der Waals surface area contributed by atoms with Crippen molar-refractivity contribution < 1.29 is 9.18 Å². The number of aryl methyl sites for hydroxylation is 1. The smallest absolute Gasteiger partial charge is 0.256 e. The Hall–Kier alpha value is -3.97. The van der Waals surface area contributed by atoms with Gasteiger partial charge in [-0.05, 0) is 74.5 Å². The van der Waals surface area contributed by atoms with Crippen LogP contribution in [0.4, 0.5) is 10.2 Å². The minimum atomic E-state index is -0.463. The molecule has 0 radical (unpaired) electrons. The minimum Gasteiger partial charge on any atom is -0.318 e. The molecule has 1 N–H and O–H groups in total. The molecule has 2 aromatic heterocycles. The number of hydrogen-bond acceptors (Lipinski definition) is 2. The number of aromatic nitrogens is 3. The number of carbonyl (C=O) groups is 1. The predicted molar refractivity (Wildman–Crippen MR) is 140 cm³/mol. The van der Waals surface area contributed by atoms with Gasteiger partial charge < -0.3 is 9.88 Å². The third-order valence-corrected chi connectivity index (χ3v) is 6.36. The van der Waals surface area contributed by atoms with Crippen LogP contribution < -0.4 is 5.32 Å². The highest BCUT2D eigenvalue weighted by Gasteiger charge is 2.19. The van der Waals surface area contributed by atoms with E-state index < -0.39 is 11.7 Å². The lowest BCUT2D eigenvalue weighted by Crippen LogP contribution is -2.15. The lowest BCUT2D eigenvalue weighted by Gasteiger charge is -2.10. The molecule has 0 bridgehead atoms. The molecule has 174 valence electrons. The van der Waals surface area contributed by atoms with E-state index in [4.69, 9.17) is 5.10 Å². The molecule has 0 aliphatic rings. The number of para-hydroxylation sites is 1. The molecule has 0 atom stereocenters. The van der Waals surface area contributed by atoms with E-state index in [0.717, 1.165) is 38.5 Å². The molecule has 1 amide bonds. The first-order chi connectivity index (χ1) is 16.9. The van der Waals surface area contributed by atoms with Gasteiger partial charge in [-0.3, -0.25) is 4.79 Å². The second kappa shape index (κ2) is 9.35. The molecule has 2 heterocycles. The molecule has 5 nitrogen and oxygen atoms in total. The quantitative estimate of drug-likeness (QED) is 0.264. The van der Waals surface area contributed by atoms with Crippen molar-refractivity contribution in [3.63, 3.8) is 0 Å². The molecule has 0 saturated heterocycles. The fourth-order valence-electron chi connectivity index (χ4n) is 4.20. The van der Waals surface area contributed by atoms with E-state index in [1.807, 2.05) is 48.5 Å². The standard InChI is InChI=1S/C28H22BrFN4O/c1-18-15-25(19(2)33(18)23-13-11-21(29)12-14-23)26-17-27(34(32-26)24-9-4-3-5-10-24)31-28(35)20-7-6-8-22(30)16-20/h3-17H,1-2H3,(H,31,35). The zero-order chi connectivity index (χ0) is 24.5. The summed E-state index contributed by atoms with van der Waals surface area (Å²) in [5, 5.41) is 7.75. The van der Waals surface area contributed by atoms with Crippen LogP contribution in [0.5, 0.6) is 0 Å². The Morgan fingerprint density at radius 1 is 0.886 bits per heavy atom. The molecule has 5 aromatic rings. The minimum absolute atomic E-state index is 0.237. The third kappa shape index (κ3) is 4.55. The van der Waals surface area contributed by atoms with Crippen molar-refractivity contribution in [2.45, 2.75) is 13.8 Å². The van der Waals surface area contributed by atoms with Crippen LogP contribution in [0.1, 0.15) is 21.7 Å². The number of amides is 1. The molecule has 0 aliphatic carbocycles. The van der Waals surface area contributed by atoms with Gasteiger partial charge in [0.15, 0.2) is 0 Å². The maximum absolute atomic E-state index is 13.7. The van der Waals surface area contributed by atoms with E-state index in [1.165, 1.54) is 18.2 Å². The van der Waals surface area contributed by atoms with E-state index in [2.05, 4.69) is 57.9 Å². The Bertz CT molecular complexity index is 1520. The predicted octanol–water partition coefficient (Wildman–Crippen LogP) is 7.10. The number of hydrogen-bond donors (Lipinski definition) is 1. The molecule has 0 spiro atoms. The monoisotopic (exact) mass is 528 g/mol. The fourth-order valence-corrected chi connectivity index (χ4v) is 4.46. The van der Waals surface area contributed by atoms with Gasteiger partial charge in [-0.15, -0.1) is 0 Å². The van der Waals surface area contributed by atoms with E-state index in [9.17, 15) is 9.18 Å². The average molecular weight is 529 g/mol. The van der Waals surface area contributed by atoms with Gasteiger partial charge in [-0.1, -0.05) is 40.2 Å². The topological polar surface area (TPSA) is 51.9 Å². The summed E-state index contributed by atoms with van der Waals surface area (Å²) in [6.45, 7) is 4.11. The SMILES string of the molecule is Cc1cc(-c2cc(NC(=O)c3cccc(F)c3)n(-c3ccccc3)n2)c(C)n1-c1ccc(Br)cc1. The van der Waals surface area contributed by atoms with Crippen molar-refractivity contribution in [3.8, 4) is 22.6 Å². The van der Waals surface area contributed by atoms with Gasteiger partial charge in [0, 0.05) is 38.7 Å². The summed E-state index contributed by atoms with van der Waals surface area (Å²) in [6.07, 6.45) is 0. The van der Waals surface area contributed by atoms with Gasteiger partial charge >= 0.3 is 0 Å². The van der Waals surface area contributed by atoms with Gasteiger partial charge in [0.2, 0.25) is 0 Å². The Morgan fingerprint density at radius 3 is 2.34 bits per heavy atom. The maximum Gasteiger partial charge on any atom is 0.256 e. The average Bonchev–Trinajstić information content (AvgIpc) is 3.40. The summed E-state index contributed by atoms with van der Waals surface area (Å²) in [5.41, 5.74) is 5.87. The van der Waals surface area contributed by atoms with Crippen molar-refractivity contribution in [2.24, 2.45) is 0 Å². The largest absolute Gasteiger partial charge is 0.318 e. The number of nitrogens with zero attached hydrogens (tertiary/aromatic N) is 3. The number of anilines is 1. The van der Waals surface area contributed by atoms with E-state index in [1.54, 1.807) is 10.7 Å². The van der Waals surface area contributed by atoms with Crippen molar-refractivity contribution in [2.75, 3.05) is 5.32 Å². The summed E-state index contributed by atoms with van der Waals surface area (Å²) in [6, 6.07) is 27.3. The van der Waals surface area contributed by atoms with Crippen molar-refractivity contribution in [1.82, 2.24) is 14.3 Å². The Labute approximate surface area is 211 Å². The highest BCUT2D eigenvalue weighted by atomic mass is 79.9. The second-order valence-corrected chi connectivity index (χ2v) is 9.14. The third-order valence-electron chi connectivity index (χ3n) is 5.83. The van der Waals surface area contributed by atoms with Gasteiger partial charge in [0.05, 0.1) is 11.4 Å². The van der Waals surface area contributed by atoms with Crippen LogP contribution in [0, 0.1) is 19.7 Å². The summed E-state index contributed by atoms with van der Waals surface area (Å²) in [5.74, 6) is -0.377. The summed E-state index contributed by atoms with van der Waals surface area (Å²) in [7, 11) is 0. The Balaban J connectivity index is 1.58. The van der Waals surface area contributed by atoms with Crippen molar-refractivity contribution in [3.05, 3.63) is 118 Å². The number of carbonyl (C=O) groups excluding carboxylic acids is 1. The zero-order valence-corrected chi connectivity index (χ0v) is 20.8. The summed E-state index contributed by atoms with van der Waals surface area (Å²) in [4.78, 5) is 12.9. The fraction of sp³-hybridized carbons (Fsp3) is 0.0714. The number of benzene rings is 3. The van der Waals surface area contributed by atoms with Gasteiger partial charge in [0.1, 0.15) is 11.6 Å². The second-order valence-electron chi connectivity index (χ2n) is 8.22. The lowest BCUT2D eigenvalue weighted by atomic mass is 10.2. The maximum atomic E-state index is 13.7. The van der Waals surface area contributed by atoms with E-state index >= 15 is 0 Å². The Morgan fingerprint density at radius 2 is 1.63 bits per heavy atom. The van der Waals surface area contributed by atoms with Crippen LogP contribution in [-0.2, 0) is 0 Å². The van der Waals surface area contributed by atoms with Crippen LogP contribution in [0.2, 0.25) is 0 Å². The normalized spacial score (nSPS) is 11.0. The van der Waals surface area contributed by atoms with Crippen LogP contribution >= 0.6 is 15.9 Å². The molecule has 35 heavy (non-hydrogen) atoms. The van der Waals surface area contributed by atoms with Crippen molar-refractivity contribution in [1.29, 1.82) is 0 Å². The zero-order valence-electron chi connectivity index (χ0n) is 19.2. The van der Waals surface area contributed by atoms with Crippen LogP contribution in [0.25, 0.3) is 22.6 Å². The number of nitrogens with one attached hydrogen (secondary N) is 1. The van der Waals surface area contributed by atoms with Gasteiger partial charge in [-0.2, -0.15) is 5.10 Å². The molecular formula is C28H22BrFN4O. The first kappa shape index (κ1) is 22.8. The van der Waals surface area contributed by atoms with Crippen LogP contribution in [0.15, 0.2) is 95.5 Å². The Kier molecular flexibility index (Phi) is 6.09. The van der Waals surface area contributed by atoms with Crippen LogP contribution in [0.3, 0.4) is 0 Å². The molecule has 0 unspecified atom stereocenters. The molecule has 5 rings (SSSR count). The molecular weight excluding hydrogens is 507 g/mol. The highest BCUT2D eigenvalue weighted by Crippen LogP contribution is 2.32. The first-order valence-corrected chi connectivity index (χ1v) is 11.9. The molecule has 7 heteroatoms. The summed E-state index contributed by atoms with van der Waals surface area (Å²) < 4.78 is 18.6. The molecule has 0 saturated carbocycles. The lowest BCUT2D eigenvalue weighted by molar-refractivity contribution is 0.102. The van der Waals surface area contributed by atoms with Gasteiger partial charge in [0.25, 0.3) is 5.91 Å². The first-order valence-electron chi connectivity index (χ1n) is 11.1. The summed E-state index contributed by atoms with van der Waals surface area (Å²) >= 11 is 3.49. The molecule has 0 fully saturated rings. The van der Waals surface area contributed by atoms with Crippen molar-refractivity contribution >= 4 is 27.7 Å². The van der Waals surface area contributed by atoms with E-state index in [-0.39, 0.29) is 5.56 Å².